The standard InChI is InChI=1S/C14H19ClO3/c1-3-8-18-14(16)5-4-9-17-13-7-6-12(15)10-11(13)2/h6-7,10H,3-5,8-9H2,1-2H3. The summed E-state index contributed by atoms with van der Waals surface area (Å²) in [5, 5.41) is 0.697. The largest absolute Gasteiger partial charge is 0.493 e. The molecule has 0 aliphatic heterocycles. The molecule has 0 radical (unpaired) electrons. The Morgan fingerprint density at radius 2 is 2.11 bits per heavy atom. The molecule has 4 heteroatoms. The number of carbonyl (C=O) groups is 1. The van der Waals surface area contributed by atoms with Gasteiger partial charge in [0.1, 0.15) is 5.75 Å². The van der Waals surface area contributed by atoms with Crippen LogP contribution in [-0.2, 0) is 9.53 Å². The van der Waals surface area contributed by atoms with Crippen molar-refractivity contribution in [1.29, 1.82) is 0 Å². The van der Waals surface area contributed by atoms with E-state index in [0.717, 1.165) is 17.7 Å². The Morgan fingerprint density at radius 1 is 1.33 bits per heavy atom. The van der Waals surface area contributed by atoms with E-state index in [4.69, 9.17) is 21.1 Å². The van der Waals surface area contributed by atoms with Gasteiger partial charge in [0.2, 0.25) is 0 Å². The van der Waals surface area contributed by atoms with Gasteiger partial charge < -0.3 is 9.47 Å². The molecule has 0 unspecified atom stereocenters. The summed E-state index contributed by atoms with van der Waals surface area (Å²) < 4.78 is 10.6. The Morgan fingerprint density at radius 3 is 2.78 bits per heavy atom. The Balaban J connectivity index is 2.23. The summed E-state index contributed by atoms with van der Waals surface area (Å²) in [6.45, 7) is 4.91. The Hall–Kier alpha value is -1.22. The van der Waals surface area contributed by atoms with Crippen LogP contribution in [0.3, 0.4) is 0 Å². The summed E-state index contributed by atoms with van der Waals surface area (Å²) in [6.07, 6.45) is 1.91. The molecule has 1 rings (SSSR count). The van der Waals surface area contributed by atoms with E-state index in [1.54, 1.807) is 6.07 Å². The lowest BCUT2D eigenvalue weighted by Gasteiger charge is -2.09. The summed E-state index contributed by atoms with van der Waals surface area (Å²) in [5.41, 5.74) is 0.996. The smallest absolute Gasteiger partial charge is 0.305 e. The van der Waals surface area contributed by atoms with E-state index in [0.29, 0.717) is 31.1 Å². The highest BCUT2D eigenvalue weighted by Gasteiger charge is 2.03. The molecule has 1 aromatic carbocycles. The van der Waals surface area contributed by atoms with Crippen LogP contribution in [0.25, 0.3) is 0 Å². The van der Waals surface area contributed by atoms with Crippen LogP contribution in [0.4, 0.5) is 0 Å². The van der Waals surface area contributed by atoms with Gasteiger partial charge in [-0.15, -0.1) is 0 Å². The number of hydrogen-bond donors (Lipinski definition) is 0. The number of rotatable bonds is 7. The molecule has 0 fully saturated rings. The number of aryl methyl sites for hydroxylation is 1. The van der Waals surface area contributed by atoms with Crippen LogP contribution in [0.1, 0.15) is 31.7 Å². The molecule has 0 heterocycles. The minimum Gasteiger partial charge on any atom is -0.493 e. The molecule has 0 spiro atoms. The SMILES string of the molecule is CCCOC(=O)CCCOc1ccc(Cl)cc1C. The molecule has 0 bridgehead atoms. The fourth-order valence-corrected chi connectivity index (χ4v) is 1.69. The summed E-state index contributed by atoms with van der Waals surface area (Å²) in [5.74, 6) is 0.648. The Bertz CT molecular complexity index is 391. The lowest BCUT2D eigenvalue weighted by molar-refractivity contribution is -0.143. The van der Waals surface area contributed by atoms with Crippen LogP contribution in [0, 0.1) is 6.92 Å². The van der Waals surface area contributed by atoms with Crippen LogP contribution in [0.5, 0.6) is 5.75 Å². The van der Waals surface area contributed by atoms with Crippen molar-refractivity contribution < 1.29 is 14.3 Å². The van der Waals surface area contributed by atoms with Crippen LogP contribution in [0.2, 0.25) is 5.02 Å². The Kier molecular flexibility index (Phi) is 6.58. The van der Waals surface area contributed by atoms with Crippen LogP contribution in [0.15, 0.2) is 18.2 Å². The lowest BCUT2D eigenvalue weighted by Crippen LogP contribution is -2.08. The maximum absolute atomic E-state index is 11.2. The van der Waals surface area contributed by atoms with Gasteiger partial charge in [-0.25, -0.2) is 0 Å². The highest BCUT2D eigenvalue weighted by Crippen LogP contribution is 2.21. The van der Waals surface area contributed by atoms with Gasteiger partial charge in [-0.1, -0.05) is 18.5 Å². The van der Waals surface area contributed by atoms with Crippen molar-refractivity contribution in [3.8, 4) is 5.75 Å². The third kappa shape index (κ3) is 5.41. The first-order valence-corrected chi connectivity index (χ1v) is 6.56. The van der Waals surface area contributed by atoms with E-state index in [1.807, 2.05) is 26.0 Å². The predicted octanol–water partition coefficient (Wildman–Crippen LogP) is 3.76. The van der Waals surface area contributed by atoms with Crippen molar-refractivity contribution in [2.24, 2.45) is 0 Å². The minimum atomic E-state index is -0.159. The lowest BCUT2D eigenvalue weighted by atomic mass is 10.2. The second-order valence-corrected chi connectivity index (χ2v) is 4.52. The van der Waals surface area contributed by atoms with Crippen molar-refractivity contribution in [1.82, 2.24) is 0 Å². The minimum absolute atomic E-state index is 0.159. The quantitative estimate of drug-likeness (QED) is 0.559. The van der Waals surface area contributed by atoms with E-state index in [9.17, 15) is 4.79 Å². The molecule has 0 atom stereocenters. The normalized spacial score (nSPS) is 10.2. The molecule has 0 aliphatic carbocycles. The second kappa shape index (κ2) is 7.98. The van der Waals surface area contributed by atoms with E-state index < -0.39 is 0 Å². The highest BCUT2D eigenvalue weighted by atomic mass is 35.5. The summed E-state index contributed by atoms with van der Waals surface area (Å²) in [7, 11) is 0. The molecule has 0 aliphatic rings. The second-order valence-electron chi connectivity index (χ2n) is 4.08. The monoisotopic (exact) mass is 270 g/mol. The first-order chi connectivity index (χ1) is 8.63. The van der Waals surface area contributed by atoms with Gasteiger partial charge in [0.15, 0.2) is 0 Å². The molecule has 0 saturated heterocycles. The number of carbonyl (C=O) groups excluding carboxylic acids is 1. The fourth-order valence-electron chi connectivity index (χ4n) is 1.46. The number of esters is 1. The molecule has 100 valence electrons. The number of ether oxygens (including phenoxy) is 2. The van der Waals surface area contributed by atoms with Crippen molar-refractivity contribution in [3.05, 3.63) is 28.8 Å². The molecule has 1 aromatic rings. The van der Waals surface area contributed by atoms with Gasteiger partial charge in [-0.2, -0.15) is 0 Å². The van der Waals surface area contributed by atoms with E-state index in [-0.39, 0.29) is 5.97 Å². The molecule has 0 N–H and O–H groups in total. The predicted molar refractivity (Wildman–Crippen MR) is 72.2 cm³/mol. The van der Waals surface area contributed by atoms with Crippen molar-refractivity contribution in [2.75, 3.05) is 13.2 Å². The van der Waals surface area contributed by atoms with Gasteiger partial charge >= 0.3 is 5.97 Å². The van der Waals surface area contributed by atoms with E-state index in [1.165, 1.54) is 0 Å². The summed E-state index contributed by atoms with van der Waals surface area (Å²) >= 11 is 5.85. The zero-order valence-corrected chi connectivity index (χ0v) is 11.6. The van der Waals surface area contributed by atoms with Crippen molar-refractivity contribution >= 4 is 17.6 Å². The molecule has 0 aromatic heterocycles. The number of halogens is 1. The van der Waals surface area contributed by atoms with Gasteiger partial charge in [-0.3, -0.25) is 4.79 Å². The third-order valence-corrected chi connectivity index (χ3v) is 2.62. The average molecular weight is 271 g/mol. The third-order valence-electron chi connectivity index (χ3n) is 2.39. The average Bonchev–Trinajstić information content (AvgIpc) is 2.34. The number of hydrogen-bond acceptors (Lipinski definition) is 3. The fraction of sp³-hybridized carbons (Fsp3) is 0.500. The first-order valence-electron chi connectivity index (χ1n) is 6.18. The van der Waals surface area contributed by atoms with Crippen molar-refractivity contribution in [2.45, 2.75) is 33.1 Å². The summed E-state index contributed by atoms with van der Waals surface area (Å²) in [6, 6.07) is 5.48. The topological polar surface area (TPSA) is 35.5 Å². The van der Waals surface area contributed by atoms with Crippen molar-refractivity contribution in [3.63, 3.8) is 0 Å². The molecule has 18 heavy (non-hydrogen) atoms. The highest BCUT2D eigenvalue weighted by molar-refractivity contribution is 6.30. The van der Waals surface area contributed by atoms with Crippen LogP contribution in [-0.4, -0.2) is 19.2 Å². The molecule has 0 saturated carbocycles. The Labute approximate surface area is 113 Å². The zero-order valence-electron chi connectivity index (χ0n) is 10.9. The van der Waals surface area contributed by atoms with Gasteiger partial charge in [0, 0.05) is 11.4 Å². The molecular weight excluding hydrogens is 252 g/mol. The first kappa shape index (κ1) is 14.8. The van der Waals surface area contributed by atoms with Gasteiger partial charge in [0.05, 0.1) is 13.2 Å². The number of benzene rings is 1. The van der Waals surface area contributed by atoms with Gasteiger partial charge in [-0.05, 0) is 43.5 Å². The van der Waals surface area contributed by atoms with E-state index in [2.05, 4.69) is 0 Å². The summed E-state index contributed by atoms with van der Waals surface area (Å²) in [4.78, 5) is 11.2. The van der Waals surface area contributed by atoms with Crippen LogP contribution >= 0.6 is 11.6 Å². The molecule has 3 nitrogen and oxygen atoms in total. The maximum atomic E-state index is 11.2. The molecule has 0 amide bonds. The van der Waals surface area contributed by atoms with Crippen LogP contribution < -0.4 is 4.74 Å². The maximum Gasteiger partial charge on any atom is 0.305 e. The van der Waals surface area contributed by atoms with Gasteiger partial charge in [0.25, 0.3) is 0 Å². The van der Waals surface area contributed by atoms with E-state index >= 15 is 0 Å². The molecular formula is C14H19ClO3. The zero-order chi connectivity index (χ0) is 13.4.